The van der Waals surface area contributed by atoms with Crippen LogP contribution < -0.4 is 5.73 Å². The molecule has 2 rings (SSSR count). The lowest BCUT2D eigenvalue weighted by Crippen LogP contribution is -2.47. The highest BCUT2D eigenvalue weighted by molar-refractivity contribution is 5.88. The van der Waals surface area contributed by atoms with Crippen LogP contribution in [0.5, 0.6) is 0 Å². The van der Waals surface area contributed by atoms with Crippen molar-refractivity contribution in [1.82, 2.24) is 9.78 Å². The Balaban J connectivity index is 1.88. The fourth-order valence-corrected chi connectivity index (χ4v) is 2.04. The van der Waals surface area contributed by atoms with E-state index in [0.29, 0.717) is 12.3 Å². The first-order chi connectivity index (χ1) is 7.50. The summed E-state index contributed by atoms with van der Waals surface area (Å²) in [4.78, 5) is 12.0. The van der Waals surface area contributed by atoms with Crippen molar-refractivity contribution >= 4 is 5.78 Å². The molecular weight excluding hydrogens is 202 g/mol. The summed E-state index contributed by atoms with van der Waals surface area (Å²) < 4.78 is 1.75. The Bertz CT molecular complexity index is 391. The van der Waals surface area contributed by atoms with Crippen LogP contribution in [-0.4, -0.2) is 21.1 Å². The number of ketones is 1. The van der Waals surface area contributed by atoms with Gasteiger partial charge in [-0.15, -0.1) is 0 Å². The fraction of sp³-hybridized carbons (Fsp3) is 0.667. The van der Waals surface area contributed by atoms with E-state index in [-0.39, 0.29) is 5.78 Å². The SMILES string of the molecule is Cn1cc(CCC(=O)C(C)(N)C2CC2)cn1. The molecule has 0 saturated heterocycles. The van der Waals surface area contributed by atoms with Crippen molar-refractivity contribution in [2.75, 3.05) is 0 Å². The third kappa shape index (κ3) is 2.32. The fourth-order valence-electron chi connectivity index (χ4n) is 2.04. The zero-order valence-corrected chi connectivity index (χ0v) is 9.94. The second-order valence-corrected chi connectivity index (χ2v) is 5.00. The lowest BCUT2D eigenvalue weighted by molar-refractivity contribution is -0.124. The molecule has 0 spiro atoms. The highest BCUT2D eigenvalue weighted by Crippen LogP contribution is 2.39. The number of aryl methyl sites for hydroxylation is 2. The van der Waals surface area contributed by atoms with Crippen molar-refractivity contribution in [3.63, 3.8) is 0 Å². The highest BCUT2D eigenvalue weighted by Gasteiger charge is 2.43. The van der Waals surface area contributed by atoms with Gasteiger partial charge >= 0.3 is 0 Å². The summed E-state index contributed by atoms with van der Waals surface area (Å²) in [6.07, 6.45) is 7.22. The monoisotopic (exact) mass is 221 g/mol. The largest absolute Gasteiger partial charge is 0.319 e. The molecule has 1 aromatic rings. The maximum atomic E-state index is 12.0. The number of hydrogen-bond acceptors (Lipinski definition) is 3. The minimum Gasteiger partial charge on any atom is -0.319 e. The molecule has 1 aliphatic rings. The normalized spacial score (nSPS) is 19.4. The van der Waals surface area contributed by atoms with E-state index in [2.05, 4.69) is 5.10 Å². The molecular formula is C12H19N3O. The van der Waals surface area contributed by atoms with Gasteiger partial charge in [0.1, 0.15) is 0 Å². The van der Waals surface area contributed by atoms with Crippen LogP contribution in [0.4, 0.5) is 0 Å². The van der Waals surface area contributed by atoms with Crippen LogP contribution in [0.3, 0.4) is 0 Å². The van der Waals surface area contributed by atoms with Gasteiger partial charge in [0.05, 0.1) is 11.7 Å². The average Bonchev–Trinajstić information content (AvgIpc) is 3.00. The molecule has 16 heavy (non-hydrogen) atoms. The first kappa shape index (κ1) is 11.3. The lowest BCUT2D eigenvalue weighted by atomic mass is 9.89. The summed E-state index contributed by atoms with van der Waals surface area (Å²) >= 11 is 0. The van der Waals surface area contributed by atoms with Crippen LogP contribution in [0.15, 0.2) is 12.4 Å². The third-order valence-corrected chi connectivity index (χ3v) is 3.43. The summed E-state index contributed by atoms with van der Waals surface area (Å²) in [6, 6.07) is 0. The minimum atomic E-state index is -0.609. The molecule has 88 valence electrons. The molecule has 2 N–H and O–H groups in total. The van der Waals surface area contributed by atoms with Crippen LogP contribution in [0.25, 0.3) is 0 Å². The van der Waals surface area contributed by atoms with E-state index < -0.39 is 5.54 Å². The van der Waals surface area contributed by atoms with E-state index in [1.807, 2.05) is 20.2 Å². The number of hydrogen-bond donors (Lipinski definition) is 1. The van der Waals surface area contributed by atoms with Crippen molar-refractivity contribution < 1.29 is 4.79 Å². The van der Waals surface area contributed by atoms with Gasteiger partial charge < -0.3 is 5.73 Å². The number of rotatable bonds is 5. The number of aromatic nitrogens is 2. The summed E-state index contributed by atoms with van der Waals surface area (Å²) in [6.45, 7) is 1.87. The maximum absolute atomic E-state index is 12.0. The quantitative estimate of drug-likeness (QED) is 0.808. The van der Waals surface area contributed by atoms with Crippen LogP contribution in [-0.2, 0) is 18.3 Å². The smallest absolute Gasteiger partial charge is 0.152 e. The summed E-state index contributed by atoms with van der Waals surface area (Å²) in [5.74, 6) is 0.591. The summed E-state index contributed by atoms with van der Waals surface area (Å²) in [5, 5.41) is 4.08. The molecule has 1 saturated carbocycles. The average molecular weight is 221 g/mol. The predicted octanol–water partition coefficient (Wildman–Crippen LogP) is 1.05. The predicted molar refractivity (Wildman–Crippen MR) is 61.9 cm³/mol. The van der Waals surface area contributed by atoms with E-state index in [9.17, 15) is 4.79 Å². The van der Waals surface area contributed by atoms with Crippen LogP contribution in [0.2, 0.25) is 0 Å². The Hall–Kier alpha value is -1.16. The Morgan fingerprint density at radius 1 is 1.69 bits per heavy atom. The van der Waals surface area contributed by atoms with Gasteiger partial charge in [0, 0.05) is 19.7 Å². The Labute approximate surface area is 95.8 Å². The molecule has 1 fully saturated rings. The first-order valence-corrected chi connectivity index (χ1v) is 5.80. The van der Waals surface area contributed by atoms with Gasteiger partial charge in [0.25, 0.3) is 0 Å². The van der Waals surface area contributed by atoms with Crippen LogP contribution in [0, 0.1) is 5.92 Å². The summed E-state index contributed by atoms with van der Waals surface area (Å²) in [7, 11) is 1.88. The molecule has 1 heterocycles. The topological polar surface area (TPSA) is 60.9 Å². The van der Waals surface area contributed by atoms with Crippen LogP contribution in [0.1, 0.15) is 31.7 Å². The van der Waals surface area contributed by atoms with E-state index >= 15 is 0 Å². The molecule has 0 aliphatic heterocycles. The molecule has 0 radical (unpaired) electrons. The van der Waals surface area contributed by atoms with Crippen molar-refractivity contribution in [3.05, 3.63) is 18.0 Å². The van der Waals surface area contributed by atoms with Gasteiger partial charge in [-0.25, -0.2) is 0 Å². The van der Waals surface area contributed by atoms with Gasteiger partial charge in [-0.2, -0.15) is 5.10 Å². The van der Waals surface area contributed by atoms with Gasteiger partial charge in [-0.05, 0) is 37.7 Å². The van der Waals surface area contributed by atoms with E-state index in [0.717, 1.165) is 24.8 Å². The van der Waals surface area contributed by atoms with E-state index in [1.54, 1.807) is 10.9 Å². The zero-order valence-electron chi connectivity index (χ0n) is 9.94. The Morgan fingerprint density at radius 3 is 2.88 bits per heavy atom. The van der Waals surface area contributed by atoms with E-state index in [4.69, 9.17) is 5.73 Å². The van der Waals surface area contributed by atoms with Gasteiger partial charge in [-0.3, -0.25) is 9.48 Å². The minimum absolute atomic E-state index is 0.179. The van der Waals surface area contributed by atoms with Gasteiger partial charge in [0.2, 0.25) is 0 Å². The van der Waals surface area contributed by atoms with Gasteiger partial charge in [-0.1, -0.05) is 0 Å². The number of Topliss-reactive ketones (excluding diaryl/α,β-unsaturated/α-hetero) is 1. The molecule has 4 nitrogen and oxygen atoms in total. The van der Waals surface area contributed by atoms with Crippen molar-refractivity contribution in [2.24, 2.45) is 18.7 Å². The third-order valence-electron chi connectivity index (χ3n) is 3.43. The maximum Gasteiger partial charge on any atom is 0.152 e. The Morgan fingerprint density at radius 2 is 2.38 bits per heavy atom. The number of carbonyl (C=O) groups is 1. The molecule has 1 atom stereocenters. The standard InChI is InChI=1S/C12H19N3O/c1-12(13,10-4-5-10)11(16)6-3-9-7-14-15(2)8-9/h7-8,10H,3-6,13H2,1-2H3. The van der Waals surface area contributed by atoms with Crippen molar-refractivity contribution in [1.29, 1.82) is 0 Å². The number of nitrogens with two attached hydrogens (primary N) is 1. The first-order valence-electron chi connectivity index (χ1n) is 5.80. The van der Waals surface area contributed by atoms with Crippen molar-refractivity contribution in [3.8, 4) is 0 Å². The molecule has 0 amide bonds. The highest BCUT2D eigenvalue weighted by atomic mass is 16.1. The zero-order chi connectivity index (χ0) is 11.8. The number of carbonyl (C=O) groups excluding carboxylic acids is 1. The molecule has 0 aromatic carbocycles. The van der Waals surface area contributed by atoms with Crippen LogP contribution >= 0.6 is 0 Å². The van der Waals surface area contributed by atoms with Gasteiger partial charge in [0.15, 0.2) is 5.78 Å². The van der Waals surface area contributed by atoms with E-state index in [1.165, 1.54) is 0 Å². The molecule has 4 heteroatoms. The molecule has 1 aliphatic carbocycles. The number of nitrogens with zero attached hydrogens (tertiary/aromatic N) is 2. The summed E-state index contributed by atoms with van der Waals surface area (Å²) in [5.41, 5.74) is 6.56. The second-order valence-electron chi connectivity index (χ2n) is 5.00. The lowest BCUT2D eigenvalue weighted by Gasteiger charge is -2.22. The van der Waals surface area contributed by atoms with Crippen molar-refractivity contribution in [2.45, 2.75) is 38.1 Å². The Kier molecular flexibility index (Phi) is 2.84. The molecule has 1 unspecified atom stereocenters. The molecule has 0 bridgehead atoms. The molecule has 1 aromatic heterocycles. The second kappa shape index (κ2) is 4.01.